The summed E-state index contributed by atoms with van der Waals surface area (Å²) in [7, 11) is 1.56. The van der Waals surface area contributed by atoms with Crippen molar-refractivity contribution in [2.75, 3.05) is 19.0 Å². The number of ether oxygens (including phenoxy) is 4. The maximum absolute atomic E-state index is 11.0. The Kier molecular flexibility index (Phi) is 5.19. The Bertz CT molecular complexity index is 698. The lowest BCUT2D eigenvalue weighted by Gasteiger charge is -2.47. The summed E-state index contributed by atoms with van der Waals surface area (Å²) in [6.45, 7) is 0.333. The van der Waals surface area contributed by atoms with Crippen LogP contribution in [0.5, 0.6) is 0 Å². The molecule has 0 aliphatic carbocycles. The maximum atomic E-state index is 11.0. The van der Waals surface area contributed by atoms with E-state index in [4.69, 9.17) is 18.9 Å². The highest BCUT2D eigenvalue weighted by Gasteiger charge is 2.49. The number of fused-ring (bicyclic) bond motifs is 1. The van der Waals surface area contributed by atoms with Crippen LogP contribution in [-0.4, -0.2) is 49.5 Å². The number of hydrogen-bond acceptors (Lipinski definition) is 6. The predicted molar refractivity (Wildman–Crippen MR) is 95.5 cm³/mol. The van der Waals surface area contributed by atoms with Gasteiger partial charge in [-0.25, -0.2) is 0 Å². The number of methoxy groups -OCH3 is 1. The molecule has 0 radical (unpaired) electrons. The molecular formula is C20H23NO5. The number of para-hydroxylation sites is 1. The van der Waals surface area contributed by atoms with E-state index in [0.717, 1.165) is 11.3 Å². The van der Waals surface area contributed by atoms with Crippen LogP contribution in [0.15, 0.2) is 60.7 Å². The molecule has 6 nitrogen and oxygen atoms in total. The first-order valence-corrected chi connectivity index (χ1v) is 8.76. The van der Waals surface area contributed by atoms with Crippen molar-refractivity contribution < 1.29 is 24.1 Å². The van der Waals surface area contributed by atoms with Crippen LogP contribution in [0.25, 0.3) is 0 Å². The number of benzene rings is 2. The SMILES string of the molecule is COC1OC2COC(c3ccccc3)OC2C(O)C1Nc1ccccc1. The van der Waals surface area contributed by atoms with Crippen molar-refractivity contribution >= 4 is 5.69 Å². The van der Waals surface area contributed by atoms with Crippen molar-refractivity contribution in [3.8, 4) is 0 Å². The Balaban J connectivity index is 1.52. The molecule has 2 aromatic carbocycles. The monoisotopic (exact) mass is 357 g/mol. The standard InChI is InChI=1S/C20H23NO5/c1-23-20-16(21-14-10-6-3-7-11-14)17(22)18-15(25-20)12-24-19(26-18)13-8-4-2-5-9-13/h2-11,15-22H,12H2,1H3. The summed E-state index contributed by atoms with van der Waals surface area (Å²) < 4.78 is 23.3. The lowest BCUT2D eigenvalue weighted by Crippen LogP contribution is -2.64. The highest BCUT2D eigenvalue weighted by molar-refractivity contribution is 5.44. The van der Waals surface area contributed by atoms with Gasteiger partial charge in [-0.15, -0.1) is 0 Å². The van der Waals surface area contributed by atoms with E-state index in [-0.39, 0.29) is 6.10 Å². The van der Waals surface area contributed by atoms with Crippen molar-refractivity contribution in [1.29, 1.82) is 0 Å². The van der Waals surface area contributed by atoms with Gasteiger partial charge in [-0.1, -0.05) is 48.5 Å². The van der Waals surface area contributed by atoms with Gasteiger partial charge in [-0.2, -0.15) is 0 Å². The lowest BCUT2D eigenvalue weighted by molar-refractivity contribution is -0.337. The van der Waals surface area contributed by atoms with Gasteiger partial charge in [0.05, 0.1) is 6.61 Å². The second kappa shape index (κ2) is 7.73. The fourth-order valence-corrected chi connectivity index (χ4v) is 3.45. The second-order valence-electron chi connectivity index (χ2n) is 6.48. The fraction of sp³-hybridized carbons (Fsp3) is 0.400. The van der Waals surface area contributed by atoms with Crippen LogP contribution in [0, 0.1) is 0 Å². The maximum Gasteiger partial charge on any atom is 0.184 e. The molecule has 2 N–H and O–H groups in total. The Hall–Kier alpha value is -1.96. The van der Waals surface area contributed by atoms with Gasteiger partial charge in [-0.05, 0) is 12.1 Å². The zero-order chi connectivity index (χ0) is 17.9. The largest absolute Gasteiger partial charge is 0.388 e. The summed E-state index contributed by atoms with van der Waals surface area (Å²) >= 11 is 0. The molecule has 6 heteroatoms. The molecule has 2 aromatic rings. The van der Waals surface area contributed by atoms with Crippen LogP contribution in [0.2, 0.25) is 0 Å². The van der Waals surface area contributed by atoms with E-state index in [1.807, 2.05) is 60.7 Å². The van der Waals surface area contributed by atoms with E-state index in [0.29, 0.717) is 6.61 Å². The van der Waals surface area contributed by atoms with Gasteiger partial charge in [0.15, 0.2) is 12.6 Å². The molecule has 0 aromatic heterocycles. The highest BCUT2D eigenvalue weighted by Crippen LogP contribution is 2.35. The summed E-state index contributed by atoms with van der Waals surface area (Å²) in [6, 6.07) is 18.9. The van der Waals surface area contributed by atoms with Gasteiger partial charge < -0.3 is 29.4 Å². The number of aliphatic hydroxyl groups is 1. The number of nitrogens with one attached hydrogen (secondary N) is 1. The molecule has 2 saturated heterocycles. The van der Waals surface area contributed by atoms with Crippen LogP contribution >= 0.6 is 0 Å². The third-order valence-corrected chi connectivity index (χ3v) is 4.78. The van der Waals surface area contributed by atoms with Crippen LogP contribution in [0.1, 0.15) is 11.9 Å². The van der Waals surface area contributed by atoms with Crippen molar-refractivity contribution in [2.45, 2.75) is 36.9 Å². The first-order chi connectivity index (χ1) is 12.8. The van der Waals surface area contributed by atoms with Gasteiger partial charge in [0.1, 0.15) is 24.4 Å². The molecule has 26 heavy (non-hydrogen) atoms. The van der Waals surface area contributed by atoms with Gasteiger partial charge in [0, 0.05) is 18.4 Å². The summed E-state index contributed by atoms with van der Waals surface area (Å²) in [5.41, 5.74) is 1.80. The zero-order valence-corrected chi connectivity index (χ0v) is 14.5. The highest BCUT2D eigenvalue weighted by atomic mass is 16.7. The Labute approximate surface area is 152 Å². The smallest absolute Gasteiger partial charge is 0.184 e. The van der Waals surface area contributed by atoms with E-state index in [2.05, 4.69) is 5.32 Å². The zero-order valence-electron chi connectivity index (χ0n) is 14.5. The molecule has 2 heterocycles. The molecule has 6 atom stereocenters. The third kappa shape index (κ3) is 3.47. The predicted octanol–water partition coefficient (Wildman–Crippen LogP) is 2.31. The average molecular weight is 357 g/mol. The van der Waals surface area contributed by atoms with E-state index in [1.54, 1.807) is 7.11 Å². The van der Waals surface area contributed by atoms with E-state index >= 15 is 0 Å². The van der Waals surface area contributed by atoms with E-state index in [1.165, 1.54) is 0 Å². The topological polar surface area (TPSA) is 69.2 Å². The van der Waals surface area contributed by atoms with Gasteiger partial charge in [0.25, 0.3) is 0 Å². The summed E-state index contributed by atoms with van der Waals surface area (Å²) in [5.74, 6) is 0. The van der Waals surface area contributed by atoms with Crippen LogP contribution in [0.4, 0.5) is 5.69 Å². The Morgan fingerprint density at radius 2 is 1.69 bits per heavy atom. The minimum Gasteiger partial charge on any atom is -0.388 e. The van der Waals surface area contributed by atoms with Crippen molar-refractivity contribution in [1.82, 2.24) is 0 Å². The van der Waals surface area contributed by atoms with Crippen molar-refractivity contribution in [3.63, 3.8) is 0 Å². The average Bonchev–Trinajstić information content (AvgIpc) is 2.71. The van der Waals surface area contributed by atoms with Crippen LogP contribution in [-0.2, 0) is 18.9 Å². The van der Waals surface area contributed by atoms with E-state index < -0.39 is 30.8 Å². The molecule has 6 unspecified atom stereocenters. The number of anilines is 1. The van der Waals surface area contributed by atoms with Crippen molar-refractivity contribution in [2.24, 2.45) is 0 Å². The minimum atomic E-state index is -0.811. The molecule has 2 fully saturated rings. The molecule has 0 saturated carbocycles. The summed E-state index contributed by atoms with van der Waals surface area (Å²) in [6.07, 6.45) is -2.83. The van der Waals surface area contributed by atoms with Gasteiger partial charge in [-0.3, -0.25) is 0 Å². The van der Waals surface area contributed by atoms with Gasteiger partial charge >= 0.3 is 0 Å². The first-order valence-electron chi connectivity index (χ1n) is 8.76. The third-order valence-electron chi connectivity index (χ3n) is 4.78. The molecule has 2 aliphatic rings. The summed E-state index contributed by atoms with van der Waals surface area (Å²) in [4.78, 5) is 0. The fourth-order valence-electron chi connectivity index (χ4n) is 3.45. The molecule has 4 rings (SSSR count). The first kappa shape index (κ1) is 17.5. The molecule has 0 amide bonds. The molecule has 138 valence electrons. The number of rotatable bonds is 4. The quantitative estimate of drug-likeness (QED) is 0.875. The van der Waals surface area contributed by atoms with Crippen molar-refractivity contribution in [3.05, 3.63) is 66.2 Å². The number of aliphatic hydroxyl groups excluding tert-OH is 1. The molecule has 0 spiro atoms. The Morgan fingerprint density at radius 1 is 1.00 bits per heavy atom. The van der Waals surface area contributed by atoms with Crippen LogP contribution in [0.3, 0.4) is 0 Å². The second-order valence-corrected chi connectivity index (χ2v) is 6.48. The Morgan fingerprint density at radius 3 is 2.38 bits per heavy atom. The normalized spacial score (nSPS) is 34.1. The van der Waals surface area contributed by atoms with Gasteiger partial charge in [0.2, 0.25) is 0 Å². The van der Waals surface area contributed by atoms with Crippen LogP contribution < -0.4 is 5.32 Å². The molecule has 2 aliphatic heterocycles. The molecular weight excluding hydrogens is 334 g/mol. The lowest BCUT2D eigenvalue weighted by atomic mass is 9.95. The van der Waals surface area contributed by atoms with E-state index in [9.17, 15) is 5.11 Å². The number of hydrogen-bond donors (Lipinski definition) is 2. The minimum absolute atomic E-state index is 0.333. The summed E-state index contributed by atoms with van der Waals surface area (Å²) in [5, 5.41) is 14.3. The molecule has 0 bridgehead atoms.